The average Bonchev–Trinajstić information content (AvgIpc) is 2.08. The van der Waals surface area contributed by atoms with Gasteiger partial charge < -0.3 is 0 Å². The highest BCUT2D eigenvalue weighted by Crippen LogP contribution is 2.24. The van der Waals surface area contributed by atoms with Crippen molar-refractivity contribution in [2.75, 3.05) is 0 Å². The summed E-state index contributed by atoms with van der Waals surface area (Å²) in [6.45, 7) is 0. The molecule has 0 saturated carbocycles. The first kappa shape index (κ1) is 9.61. The Balaban J connectivity index is 2.81. The van der Waals surface area contributed by atoms with Crippen LogP contribution in [0.4, 0.5) is 0 Å². The van der Waals surface area contributed by atoms with E-state index in [9.17, 15) is 0 Å². The molecule has 1 heterocycles. The summed E-state index contributed by atoms with van der Waals surface area (Å²) in [5.74, 6) is 0. The Morgan fingerprint density at radius 1 is 1.38 bits per heavy atom. The van der Waals surface area contributed by atoms with Gasteiger partial charge in [0, 0.05) is 19.6 Å². The first-order chi connectivity index (χ1) is 6.16. The van der Waals surface area contributed by atoms with Gasteiger partial charge in [-0.05, 0) is 62.3 Å². The lowest BCUT2D eigenvalue weighted by Crippen LogP contribution is -1.85. The van der Waals surface area contributed by atoms with Crippen LogP contribution in [0.25, 0.3) is 10.9 Å². The van der Waals surface area contributed by atoms with Crippen LogP contribution in [-0.2, 0) is 0 Å². The summed E-state index contributed by atoms with van der Waals surface area (Å²) in [5.41, 5.74) is 0.868. The number of hydrogen-bond acceptors (Lipinski definition) is 2. The van der Waals surface area contributed by atoms with Gasteiger partial charge in [-0.15, -0.1) is 0 Å². The Bertz CT molecular complexity index is 475. The van der Waals surface area contributed by atoms with Gasteiger partial charge in [0.05, 0.1) is 5.52 Å². The maximum absolute atomic E-state index is 5.67. The SMILES string of the molecule is Clc1ncc2cc(Br)c(I)cc2n1. The lowest BCUT2D eigenvalue weighted by Gasteiger charge is -1.99. The molecular weight excluding hydrogens is 366 g/mol. The van der Waals surface area contributed by atoms with E-state index < -0.39 is 0 Å². The van der Waals surface area contributed by atoms with Crippen molar-refractivity contribution in [3.8, 4) is 0 Å². The third-order valence-corrected chi connectivity index (χ3v) is 4.06. The quantitative estimate of drug-likeness (QED) is 0.523. The summed E-state index contributed by atoms with van der Waals surface area (Å²) in [5, 5.41) is 1.27. The van der Waals surface area contributed by atoms with Crippen molar-refractivity contribution in [3.05, 3.63) is 31.7 Å². The Hall–Kier alpha value is 0.0600. The Morgan fingerprint density at radius 3 is 2.92 bits per heavy atom. The van der Waals surface area contributed by atoms with Gasteiger partial charge in [0.1, 0.15) is 0 Å². The molecule has 1 aromatic heterocycles. The number of hydrogen-bond donors (Lipinski definition) is 0. The first-order valence-corrected chi connectivity index (χ1v) is 5.69. The summed E-state index contributed by atoms with van der Waals surface area (Å²) in [6.07, 6.45) is 1.71. The molecule has 2 aromatic rings. The van der Waals surface area contributed by atoms with Gasteiger partial charge in [0.2, 0.25) is 5.28 Å². The van der Waals surface area contributed by atoms with Crippen LogP contribution in [0.2, 0.25) is 5.28 Å². The van der Waals surface area contributed by atoms with Crippen LogP contribution in [-0.4, -0.2) is 9.97 Å². The van der Waals surface area contributed by atoms with Crippen LogP contribution in [0.1, 0.15) is 0 Å². The molecule has 0 aliphatic carbocycles. The van der Waals surface area contributed by atoms with Crippen LogP contribution in [0.15, 0.2) is 22.8 Å². The summed E-state index contributed by atoms with van der Waals surface area (Å²) < 4.78 is 2.16. The molecule has 0 radical (unpaired) electrons. The molecule has 0 amide bonds. The van der Waals surface area contributed by atoms with E-state index in [1.807, 2.05) is 12.1 Å². The van der Waals surface area contributed by atoms with Gasteiger partial charge in [0.25, 0.3) is 0 Å². The topological polar surface area (TPSA) is 25.8 Å². The van der Waals surface area contributed by atoms with Gasteiger partial charge >= 0.3 is 0 Å². The molecule has 0 aliphatic heterocycles. The Labute approximate surface area is 102 Å². The Morgan fingerprint density at radius 2 is 2.15 bits per heavy atom. The van der Waals surface area contributed by atoms with Crippen molar-refractivity contribution in [1.29, 1.82) is 0 Å². The summed E-state index contributed by atoms with van der Waals surface area (Å²) >= 11 is 11.3. The molecule has 0 fully saturated rings. The smallest absolute Gasteiger partial charge is 0.222 e. The minimum Gasteiger partial charge on any atom is -0.226 e. The first-order valence-electron chi connectivity index (χ1n) is 3.44. The molecule has 0 saturated heterocycles. The molecule has 0 bridgehead atoms. The van der Waals surface area contributed by atoms with Crippen molar-refractivity contribution in [1.82, 2.24) is 9.97 Å². The molecule has 0 spiro atoms. The zero-order chi connectivity index (χ0) is 9.42. The van der Waals surface area contributed by atoms with Crippen LogP contribution in [0, 0.1) is 3.57 Å². The highest BCUT2D eigenvalue weighted by Gasteiger charge is 2.02. The molecule has 0 atom stereocenters. The van der Waals surface area contributed by atoms with Crippen LogP contribution >= 0.6 is 50.1 Å². The van der Waals surface area contributed by atoms with E-state index in [-0.39, 0.29) is 5.28 Å². The molecule has 5 heteroatoms. The highest BCUT2D eigenvalue weighted by molar-refractivity contribution is 14.1. The standard InChI is InChI=1S/C8H3BrClIN2/c9-5-1-4-3-12-8(10)13-7(4)2-6(5)11/h1-3H. The van der Waals surface area contributed by atoms with E-state index in [1.54, 1.807) is 6.20 Å². The molecule has 2 nitrogen and oxygen atoms in total. The lowest BCUT2D eigenvalue weighted by atomic mass is 10.2. The van der Waals surface area contributed by atoms with Crippen molar-refractivity contribution in [2.24, 2.45) is 0 Å². The van der Waals surface area contributed by atoms with Gasteiger partial charge in [-0.1, -0.05) is 0 Å². The van der Waals surface area contributed by atoms with E-state index in [2.05, 4.69) is 48.5 Å². The maximum Gasteiger partial charge on any atom is 0.222 e. The second-order valence-corrected chi connectivity index (χ2v) is 4.82. The van der Waals surface area contributed by atoms with Crippen LogP contribution in [0.5, 0.6) is 0 Å². The number of halogens is 3. The fourth-order valence-electron chi connectivity index (χ4n) is 1.00. The van der Waals surface area contributed by atoms with Gasteiger partial charge in [-0.25, -0.2) is 9.97 Å². The molecule has 0 unspecified atom stereocenters. The zero-order valence-electron chi connectivity index (χ0n) is 6.26. The normalized spacial score (nSPS) is 10.7. The molecule has 2 rings (SSSR count). The van der Waals surface area contributed by atoms with Gasteiger partial charge in [0.15, 0.2) is 0 Å². The second-order valence-electron chi connectivity index (χ2n) is 2.46. The highest BCUT2D eigenvalue weighted by atomic mass is 127. The van der Waals surface area contributed by atoms with E-state index in [0.717, 1.165) is 18.9 Å². The third kappa shape index (κ3) is 1.94. The third-order valence-electron chi connectivity index (χ3n) is 1.59. The fraction of sp³-hybridized carbons (Fsp3) is 0. The van der Waals surface area contributed by atoms with E-state index in [4.69, 9.17) is 11.6 Å². The van der Waals surface area contributed by atoms with Gasteiger partial charge in [-0.3, -0.25) is 0 Å². The minimum absolute atomic E-state index is 0.283. The van der Waals surface area contributed by atoms with E-state index in [0.29, 0.717) is 0 Å². The lowest BCUT2D eigenvalue weighted by molar-refractivity contribution is 1.22. The molecule has 13 heavy (non-hydrogen) atoms. The van der Waals surface area contributed by atoms with Crippen LogP contribution in [0.3, 0.4) is 0 Å². The average molecular weight is 369 g/mol. The predicted octanol–water partition coefficient (Wildman–Crippen LogP) is 3.65. The minimum atomic E-state index is 0.283. The maximum atomic E-state index is 5.67. The van der Waals surface area contributed by atoms with Crippen molar-refractivity contribution >= 4 is 61.0 Å². The number of rotatable bonds is 0. The monoisotopic (exact) mass is 368 g/mol. The number of fused-ring (bicyclic) bond motifs is 1. The van der Waals surface area contributed by atoms with Gasteiger partial charge in [-0.2, -0.15) is 0 Å². The van der Waals surface area contributed by atoms with E-state index >= 15 is 0 Å². The summed E-state index contributed by atoms with van der Waals surface area (Å²) in [6, 6.07) is 3.95. The molecule has 1 aromatic carbocycles. The largest absolute Gasteiger partial charge is 0.226 e. The predicted molar refractivity (Wildman–Crippen MR) is 65.0 cm³/mol. The molecule has 0 N–H and O–H groups in total. The van der Waals surface area contributed by atoms with E-state index in [1.165, 1.54) is 0 Å². The number of aromatic nitrogens is 2. The number of nitrogens with zero attached hydrogens (tertiary/aromatic N) is 2. The summed E-state index contributed by atoms with van der Waals surface area (Å²) in [4.78, 5) is 8.02. The fourth-order valence-corrected chi connectivity index (χ4v) is 1.95. The van der Waals surface area contributed by atoms with Crippen molar-refractivity contribution in [2.45, 2.75) is 0 Å². The zero-order valence-corrected chi connectivity index (χ0v) is 10.8. The molecule has 0 aliphatic rings. The summed E-state index contributed by atoms with van der Waals surface area (Å²) in [7, 11) is 0. The molecular formula is C8H3BrClIN2. The van der Waals surface area contributed by atoms with Crippen LogP contribution < -0.4 is 0 Å². The van der Waals surface area contributed by atoms with Crippen molar-refractivity contribution < 1.29 is 0 Å². The number of benzene rings is 1. The second kappa shape index (κ2) is 3.67. The van der Waals surface area contributed by atoms with Crippen molar-refractivity contribution in [3.63, 3.8) is 0 Å². The Kier molecular flexibility index (Phi) is 2.71. The molecule has 66 valence electrons.